The van der Waals surface area contributed by atoms with Gasteiger partial charge in [0.25, 0.3) is 0 Å². The summed E-state index contributed by atoms with van der Waals surface area (Å²) >= 11 is 0. The molecule has 0 heterocycles. The molecule has 1 aromatic carbocycles. The van der Waals surface area contributed by atoms with Crippen molar-refractivity contribution in [2.24, 2.45) is 11.7 Å². The average Bonchev–Trinajstić information content (AvgIpc) is 3.34. The molecule has 0 bridgehead atoms. The third-order valence-electron chi connectivity index (χ3n) is 3.64. The lowest BCUT2D eigenvalue weighted by atomic mass is 10.2. The molecule has 0 aliphatic heterocycles. The highest BCUT2D eigenvalue weighted by molar-refractivity contribution is 5.85. The van der Waals surface area contributed by atoms with Crippen molar-refractivity contribution in [2.75, 3.05) is 20.3 Å². The number of benzene rings is 1. The number of rotatable bonds is 9. The minimum Gasteiger partial charge on any atom is -0.497 e. The fourth-order valence-corrected chi connectivity index (χ4v) is 2.11. The molecule has 1 amide bonds. The lowest BCUT2D eigenvalue weighted by molar-refractivity contribution is -0.121. The van der Waals surface area contributed by atoms with E-state index in [1.807, 2.05) is 24.3 Å². The third kappa shape index (κ3) is 6.54. The maximum absolute atomic E-state index is 11.6. The van der Waals surface area contributed by atoms with Gasteiger partial charge in [-0.2, -0.15) is 0 Å². The highest BCUT2D eigenvalue weighted by Gasteiger charge is 2.28. The van der Waals surface area contributed by atoms with E-state index >= 15 is 0 Å². The summed E-state index contributed by atoms with van der Waals surface area (Å²) in [6, 6.07) is 7.52. The van der Waals surface area contributed by atoms with E-state index in [0.717, 1.165) is 11.5 Å². The molecule has 1 atom stereocenters. The topological polar surface area (TPSA) is 73.6 Å². The first-order chi connectivity index (χ1) is 10.2. The van der Waals surface area contributed by atoms with Gasteiger partial charge in [-0.05, 0) is 49.4 Å². The lowest BCUT2D eigenvalue weighted by Crippen LogP contribution is -2.38. The standard InChI is InChI=1S/C16H24N2O3.ClH/c1-20-13-6-8-14(9-7-13)21-10-2-3-16(19)18-11-15(17)12-4-5-12;/h6-9,12,15H,2-5,10-11,17H2,1H3,(H,18,19);1H. The fourth-order valence-electron chi connectivity index (χ4n) is 2.11. The summed E-state index contributed by atoms with van der Waals surface area (Å²) in [4.78, 5) is 11.6. The predicted molar refractivity (Wildman–Crippen MR) is 88.7 cm³/mol. The van der Waals surface area contributed by atoms with Crippen molar-refractivity contribution in [1.29, 1.82) is 0 Å². The second-order valence-corrected chi connectivity index (χ2v) is 5.43. The quantitative estimate of drug-likeness (QED) is 0.681. The molecule has 6 heteroatoms. The van der Waals surface area contributed by atoms with E-state index in [1.165, 1.54) is 12.8 Å². The van der Waals surface area contributed by atoms with E-state index in [0.29, 0.717) is 31.9 Å². The largest absolute Gasteiger partial charge is 0.497 e. The number of nitrogens with two attached hydrogens (primary N) is 1. The molecule has 0 spiro atoms. The Labute approximate surface area is 138 Å². The Morgan fingerprint density at radius 1 is 1.32 bits per heavy atom. The minimum absolute atomic E-state index is 0. The second kappa shape index (κ2) is 9.54. The van der Waals surface area contributed by atoms with Crippen molar-refractivity contribution in [3.8, 4) is 11.5 Å². The van der Waals surface area contributed by atoms with Gasteiger partial charge in [-0.25, -0.2) is 0 Å². The van der Waals surface area contributed by atoms with Crippen LogP contribution in [0.5, 0.6) is 11.5 Å². The summed E-state index contributed by atoms with van der Waals surface area (Å²) in [6.07, 6.45) is 3.56. The zero-order valence-electron chi connectivity index (χ0n) is 12.9. The summed E-state index contributed by atoms with van der Waals surface area (Å²) < 4.78 is 10.6. The Balaban J connectivity index is 0.00000242. The van der Waals surface area contributed by atoms with Crippen LogP contribution in [0.15, 0.2) is 24.3 Å². The van der Waals surface area contributed by atoms with E-state index in [-0.39, 0.29) is 24.4 Å². The smallest absolute Gasteiger partial charge is 0.220 e. The van der Waals surface area contributed by atoms with Gasteiger partial charge in [0.2, 0.25) is 5.91 Å². The third-order valence-corrected chi connectivity index (χ3v) is 3.64. The van der Waals surface area contributed by atoms with Gasteiger partial charge in [0.15, 0.2) is 0 Å². The molecule has 0 aromatic heterocycles. The van der Waals surface area contributed by atoms with Gasteiger partial charge in [-0.1, -0.05) is 0 Å². The van der Waals surface area contributed by atoms with Crippen molar-refractivity contribution >= 4 is 18.3 Å². The number of carbonyl (C=O) groups excluding carboxylic acids is 1. The number of carbonyl (C=O) groups is 1. The van der Waals surface area contributed by atoms with Crippen molar-refractivity contribution in [1.82, 2.24) is 5.32 Å². The molecule has 0 saturated heterocycles. The summed E-state index contributed by atoms with van der Waals surface area (Å²) in [5.74, 6) is 2.24. The summed E-state index contributed by atoms with van der Waals surface area (Å²) in [5, 5.41) is 2.88. The molecule has 5 nitrogen and oxygen atoms in total. The summed E-state index contributed by atoms with van der Waals surface area (Å²) in [7, 11) is 1.63. The molecule has 1 unspecified atom stereocenters. The van der Waals surface area contributed by atoms with Crippen LogP contribution in [0.3, 0.4) is 0 Å². The maximum Gasteiger partial charge on any atom is 0.220 e. The Bertz CT molecular complexity index is 449. The average molecular weight is 329 g/mol. The zero-order valence-corrected chi connectivity index (χ0v) is 13.7. The van der Waals surface area contributed by atoms with Gasteiger partial charge in [0.05, 0.1) is 13.7 Å². The van der Waals surface area contributed by atoms with Crippen molar-refractivity contribution in [3.05, 3.63) is 24.3 Å². The van der Waals surface area contributed by atoms with E-state index in [2.05, 4.69) is 5.32 Å². The monoisotopic (exact) mass is 328 g/mol. The predicted octanol–water partition coefficient (Wildman–Crippen LogP) is 2.13. The van der Waals surface area contributed by atoms with Crippen LogP contribution < -0.4 is 20.5 Å². The van der Waals surface area contributed by atoms with Crippen LogP contribution in [-0.4, -0.2) is 32.2 Å². The van der Waals surface area contributed by atoms with E-state index in [1.54, 1.807) is 7.11 Å². The molecule has 22 heavy (non-hydrogen) atoms. The summed E-state index contributed by atoms with van der Waals surface area (Å²) in [6.45, 7) is 1.11. The van der Waals surface area contributed by atoms with Crippen LogP contribution in [0.4, 0.5) is 0 Å². The zero-order chi connectivity index (χ0) is 15.1. The molecule has 1 aliphatic rings. The number of hydrogen-bond acceptors (Lipinski definition) is 4. The SMILES string of the molecule is COc1ccc(OCCCC(=O)NCC(N)C2CC2)cc1.Cl. The molecule has 124 valence electrons. The van der Waals surface area contributed by atoms with Gasteiger partial charge in [-0.15, -0.1) is 12.4 Å². The Kier molecular flexibility index (Phi) is 8.06. The van der Waals surface area contributed by atoms with Gasteiger partial charge >= 0.3 is 0 Å². The normalized spacial score (nSPS) is 14.6. The summed E-state index contributed by atoms with van der Waals surface area (Å²) in [5.41, 5.74) is 5.93. The van der Waals surface area contributed by atoms with Gasteiger partial charge in [0.1, 0.15) is 11.5 Å². The number of amides is 1. The van der Waals surface area contributed by atoms with Crippen LogP contribution in [0.1, 0.15) is 25.7 Å². The fraction of sp³-hybridized carbons (Fsp3) is 0.562. The van der Waals surface area contributed by atoms with Crippen LogP contribution in [0.2, 0.25) is 0 Å². The molecule has 0 radical (unpaired) electrons. The van der Waals surface area contributed by atoms with Crippen LogP contribution in [-0.2, 0) is 4.79 Å². The number of hydrogen-bond donors (Lipinski definition) is 2. The molecule has 1 fully saturated rings. The van der Waals surface area contributed by atoms with E-state index in [4.69, 9.17) is 15.2 Å². The van der Waals surface area contributed by atoms with Crippen molar-refractivity contribution < 1.29 is 14.3 Å². The Hall–Kier alpha value is -1.46. The molecule has 3 N–H and O–H groups in total. The van der Waals surface area contributed by atoms with E-state index < -0.39 is 0 Å². The first-order valence-corrected chi connectivity index (χ1v) is 7.48. The van der Waals surface area contributed by atoms with Crippen LogP contribution in [0.25, 0.3) is 0 Å². The van der Waals surface area contributed by atoms with E-state index in [9.17, 15) is 4.79 Å². The first kappa shape index (κ1) is 18.6. The highest BCUT2D eigenvalue weighted by atomic mass is 35.5. The number of ether oxygens (including phenoxy) is 2. The molecular weight excluding hydrogens is 304 g/mol. The van der Waals surface area contributed by atoms with Crippen molar-refractivity contribution in [2.45, 2.75) is 31.7 Å². The first-order valence-electron chi connectivity index (χ1n) is 7.48. The number of nitrogens with one attached hydrogen (secondary N) is 1. The van der Waals surface area contributed by atoms with Crippen molar-refractivity contribution in [3.63, 3.8) is 0 Å². The van der Waals surface area contributed by atoms with Gasteiger partial charge in [0, 0.05) is 19.0 Å². The number of halogens is 1. The van der Waals surface area contributed by atoms with Gasteiger partial charge in [-0.3, -0.25) is 4.79 Å². The van der Waals surface area contributed by atoms with Crippen LogP contribution >= 0.6 is 12.4 Å². The van der Waals surface area contributed by atoms with Crippen LogP contribution in [0, 0.1) is 5.92 Å². The maximum atomic E-state index is 11.6. The lowest BCUT2D eigenvalue weighted by Gasteiger charge is -2.11. The minimum atomic E-state index is 0. The molecule has 1 saturated carbocycles. The molecular formula is C16H25ClN2O3. The van der Waals surface area contributed by atoms with Gasteiger partial charge < -0.3 is 20.5 Å². The molecule has 1 aliphatic carbocycles. The Morgan fingerprint density at radius 3 is 2.55 bits per heavy atom. The molecule has 2 rings (SSSR count). The number of methoxy groups -OCH3 is 1. The Morgan fingerprint density at radius 2 is 1.95 bits per heavy atom. The molecule has 1 aromatic rings. The second-order valence-electron chi connectivity index (χ2n) is 5.43. The highest BCUT2D eigenvalue weighted by Crippen LogP contribution is 2.31.